The third-order valence-corrected chi connectivity index (χ3v) is 3.72. The molecule has 0 saturated heterocycles. The number of carbonyl (C=O) groups excluding carboxylic acids is 2. The summed E-state index contributed by atoms with van der Waals surface area (Å²) in [5, 5.41) is 8.18. The fraction of sp³-hybridized carbons (Fsp3) is 0.765. The molecule has 6 heteroatoms. The van der Waals surface area contributed by atoms with E-state index < -0.39 is 0 Å². The summed E-state index contributed by atoms with van der Waals surface area (Å²) < 4.78 is 7.22. The van der Waals surface area contributed by atoms with E-state index in [1.54, 1.807) is 4.68 Å². The quantitative estimate of drug-likeness (QED) is 0.522. The van der Waals surface area contributed by atoms with Gasteiger partial charge in [0.15, 0.2) is 0 Å². The maximum Gasteiger partial charge on any atom is 0.137 e. The van der Waals surface area contributed by atoms with Gasteiger partial charge < -0.3 is 4.74 Å². The molecule has 0 N–H and O–H groups in total. The molecule has 0 unspecified atom stereocenters. The van der Waals surface area contributed by atoms with Crippen LogP contribution < -0.4 is 0 Å². The van der Waals surface area contributed by atoms with E-state index in [1.807, 2.05) is 27.0 Å². The van der Waals surface area contributed by atoms with E-state index in [-0.39, 0.29) is 11.7 Å². The molecule has 23 heavy (non-hydrogen) atoms. The summed E-state index contributed by atoms with van der Waals surface area (Å²) in [6, 6.07) is 0. The topological polar surface area (TPSA) is 74.1 Å². The van der Waals surface area contributed by atoms with Crippen LogP contribution in [-0.2, 0) is 27.3 Å². The number of Topliss-reactive ketones (excluding diaryl/α,β-unsaturated/α-hetero) is 2. The highest BCUT2D eigenvalue weighted by Crippen LogP contribution is 2.05. The van der Waals surface area contributed by atoms with Crippen LogP contribution >= 0.6 is 0 Å². The molecule has 6 nitrogen and oxygen atoms in total. The molecule has 0 spiro atoms. The summed E-state index contributed by atoms with van der Waals surface area (Å²) in [4.78, 5) is 22.6. The molecule has 0 bridgehead atoms. The van der Waals surface area contributed by atoms with Crippen molar-refractivity contribution in [2.24, 2.45) is 5.92 Å². The highest BCUT2D eigenvalue weighted by molar-refractivity contribution is 5.80. The number of carbonyl (C=O) groups is 2. The van der Waals surface area contributed by atoms with Gasteiger partial charge in [-0.2, -0.15) is 0 Å². The van der Waals surface area contributed by atoms with E-state index in [9.17, 15) is 9.59 Å². The SMILES string of the molecule is CCC(=O)CCCCc1cn(CCOCCC(=O)C(C)C)nn1. The van der Waals surface area contributed by atoms with Gasteiger partial charge in [0.2, 0.25) is 0 Å². The number of aryl methyl sites for hydroxylation is 1. The van der Waals surface area contributed by atoms with Crippen LogP contribution in [0.2, 0.25) is 0 Å². The first-order chi connectivity index (χ1) is 11.0. The van der Waals surface area contributed by atoms with E-state index in [4.69, 9.17) is 4.74 Å². The molecule has 0 amide bonds. The van der Waals surface area contributed by atoms with Crippen LogP contribution in [0, 0.1) is 5.92 Å². The fourth-order valence-electron chi connectivity index (χ4n) is 2.09. The summed E-state index contributed by atoms with van der Waals surface area (Å²) in [6.45, 7) is 7.32. The van der Waals surface area contributed by atoms with Crippen molar-refractivity contribution in [3.05, 3.63) is 11.9 Å². The summed E-state index contributed by atoms with van der Waals surface area (Å²) in [5.74, 6) is 0.625. The molecular weight excluding hydrogens is 294 g/mol. The Morgan fingerprint density at radius 3 is 2.70 bits per heavy atom. The van der Waals surface area contributed by atoms with Gasteiger partial charge in [-0.25, -0.2) is 4.68 Å². The van der Waals surface area contributed by atoms with Gasteiger partial charge in [0.1, 0.15) is 11.6 Å². The number of rotatable bonds is 13. The van der Waals surface area contributed by atoms with Gasteiger partial charge >= 0.3 is 0 Å². The molecule has 1 rings (SSSR count). The number of ether oxygens (including phenoxy) is 1. The predicted molar refractivity (Wildman–Crippen MR) is 88.2 cm³/mol. The van der Waals surface area contributed by atoms with Gasteiger partial charge in [0.25, 0.3) is 0 Å². The zero-order valence-corrected chi connectivity index (χ0v) is 14.6. The van der Waals surface area contributed by atoms with Crippen molar-refractivity contribution in [1.82, 2.24) is 15.0 Å². The summed E-state index contributed by atoms with van der Waals surface area (Å²) in [6.07, 6.45) is 6.39. The molecule has 0 aliphatic heterocycles. The number of unbranched alkanes of at least 4 members (excludes halogenated alkanes) is 1. The maximum atomic E-state index is 11.4. The van der Waals surface area contributed by atoms with Gasteiger partial charge in [-0.1, -0.05) is 26.0 Å². The Bertz CT molecular complexity index is 483. The Kier molecular flexibility index (Phi) is 9.36. The second kappa shape index (κ2) is 11.0. The number of hydrogen-bond acceptors (Lipinski definition) is 5. The minimum atomic E-state index is 0.0732. The average Bonchev–Trinajstić information content (AvgIpc) is 2.98. The Labute approximate surface area is 138 Å². The van der Waals surface area contributed by atoms with E-state index >= 15 is 0 Å². The summed E-state index contributed by atoms with van der Waals surface area (Å²) in [7, 11) is 0. The van der Waals surface area contributed by atoms with Crippen LogP contribution in [0.5, 0.6) is 0 Å². The van der Waals surface area contributed by atoms with Gasteiger partial charge in [0.05, 0.1) is 25.5 Å². The molecule has 1 aromatic rings. The van der Waals surface area contributed by atoms with Crippen LogP contribution in [-0.4, -0.2) is 39.8 Å². The van der Waals surface area contributed by atoms with E-state index in [0.717, 1.165) is 25.0 Å². The molecular formula is C17H29N3O3. The van der Waals surface area contributed by atoms with Crippen LogP contribution in [0.3, 0.4) is 0 Å². The number of ketones is 2. The first-order valence-corrected chi connectivity index (χ1v) is 8.54. The van der Waals surface area contributed by atoms with E-state index in [0.29, 0.717) is 44.8 Å². The molecule has 0 aliphatic rings. The fourth-order valence-corrected chi connectivity index (χ4v) is 2.09. The zero-order chi connectivity index (χ0) is 17.1. The first-order valence-electron chi connectivity index (χ1n) is 8.54. The highest BCUT2D eigenvalue weighted by Gasteiger charge is 2.06. The number of nitrogens with zero attached hydrogens (tertiary/aromatic N) is 3. The van der Waals surface area contributed by atoms with Crippen LogP contribution in [0.15, 0.2) is 6.20 Å². The molecule has 0 atom stereocenters. The number of hydrogen-bond donors (Lipinski definition) is 0. The van der Waals surface area contributed by atoms with Crippen molar-refractivity contribution < 1.29 is 14.3 Å². The lowest BCUT2D eigenvalue weighted by Crippen LogP contribution is -2.12. The Morgan fingerprint density at radius 2 is 2.00 bits per heavy atom. The van der Waals surface area contributed by atoms with Crippen molar-refractivity contribution in [3.8, 4) is 0 Å². The molecule has 1 aromatic heterocycles. The lowest BCUT2D eigenvalue weighted by Gasteiger charge is -2.05. The second-order valence-electron chi connectivity index (χ2n) is 6.06. The average molecular weight is 323 g/mol. The van der Waals surface area contributed by atoms with E-state index in [1.165, 1.54) is 0 Å². The monoisotopic (exact) mass is 323 g/mol. The molecule has 0 saturated carbocycles. The molecule has 0 aliphatic carbocycles. The first kappa shape index (κ1) is 19.5. The van der Waals surface area contributed by atoms with Gasteiger partial charge in [0, 0.05) is 31.4 Å². The van der Waals surface area contributed by atoms with Gasteiger partial charge in [-0.3, -0.25) is 9.59 Å². The number of aromatic nitrogens is 3. The van der Waals surface area contributed by atoms with Crippen LogP contribution in [0.1, 0.15) is 58.6 Å². The lowest BCUT2D eigenvalue weighted by atomic mass is 10.1. The minimum absolute atomic E-state index is 0.0732. The van der Waals surface area contributed by atoms with Crippen molar-refractivity contribution in [1.29, 1.82) is 0 Å². The lowest BCUT2D eigenvalue weighted by molar-refractivity contribution is -0.123. The third-order valence-electron chi connectivity index (χ3n) is 3.72. The standard InChI is InChI=1S/C17H29N3O3/c1-4-16(21)8-6-5-7-15-13-20(19-18-15)10-12-23-11-9-17(22)14(2)3/h13-14H,4-12H2,1-3H3. The smallest absolute Gasteiger partial charge is 0.137 e. The van der Waals surface area contributed by atoms with Gasteiger partial charge in [-0.15, -0.1) is 5.10 Å². The van der Waals surface area contributed by atoms with Crippen molar-refractivity contribution in [3.63, 3.8) is 0 Å². The minimum Gasteiger partial charge on any atom is -0.379 e. The Hall–Kier alpha value is -1.56. The molecule has 0 aromatic carbocycles. The highest BCUT2D eigenvalue weighted by atomic mass is 16.5. The largest absolute Gasteiger partial charge is 0.379 e. The second-order valence-corrected chi connectivity index (χ2v) is 6.06. The molecule has 130 valence electrons. The molecule has 0 fully saturated rings. The predicted octanol–water partition coefficient (Wildman–Crippen LogP) is 2.60. The van der Waals surface area contributed by atoms with Crippen LogP contribution in [0.4, 0.5) is 0 Å². The third kappa shape index (κ3) is 8.59. The summed E-state index contributed by atoms with van der Waals surface area (Å²) in [5.41, 5.74) is 0.948. The van der Waals surface area contributed by atoms with Crippen molar-refractivity contribution in [2.45, 2.75) is 65.8 Å². The Morgan fingerprint density at radius 1 is 1.22 bits per heavy atom. The zero-order valence-electron chi connectivity index (χ0n) is 14.6. The Balaban J connectivity index is 2.11. The normalized spacial score (nSPS) is 11.1. The summed E-state index contributed by atoms with van der Waals surface area (Å²) >= 11 is 0. The van der Waals surface area contributed by atoms with Crippen molar-refractivity contribution in [2.75, 3.05) is 13.2 Å². The van der Waals surface area contributed by atoms with Crippen LogP contribution in [0.25, 0.3) is 0 Å². The maximum absolute atomic E-state index is 11.4. The molecule has 1 heterocycles. The van der Waals surface area contributed by atoms with E-state index in [2.05, 4.69) is 10.3 Å². The van der Waals surface area contributed by atoms with Gasteiger partial charge in [-0.05, 0) is 19.3 Å². The molecule has 0 radical (unpaired) electrons. The van der Waals surface area contributed by atoms with Crippen molar-refractivity contribution >= 4 is 11.6 Å².